The molecule has 0 radical (unpaired) electrons. The molecule has 0 aliphatic carbocycles. The molecule has 35 heavy (non-hydrogen) atoms. The van der Waals surface area contributed by atoms with Crippen molar-refractivity contribution in [2.45, 2.75) is 37.1 Å². The molecule has 0 spiro atoms. The summed E-state index contributed by atoms with van der Waals surface area (Å²) in [6, 6.07) is -1.19. The normalized spacial score (nSPS) is 25.4. The number of phosphoric ester groups is 1. The summed E-state index contributed by atoms with van der Waals surface area (Å²) in [5.74, 6) is 0. The van der Waals surface area contributed by atoms with Gasteiger partial charge in [-0.25, -0.2) is 13.7 Å². The van der Waals surface area contributed by atoms with E-state index in [1.807, 2.05) is 9.87 Å². The average Bonchev–Trinajstić information content (AvgIpc) is 3.11. The molecule has 1 aliphatic heterocycles. The monoisotopic (exact) mass is 566 g/mol. The van der Waals surface area contributed by atoms with Crippen LogP contribution in [0.15, 0.2) is 25.8 Å². The lowest BCUT2D eigenvalue weighted by molar-refractivity contribution is -0.0268. The lowest BCUT2D eigenvalue weighted by Gasteiger charge is -2.25. The third kappa shape index (κ3) is 6.25. The smallest absolute Gasteiger partial charge is 0.352 e. The topological polar surface area (TPSA) is 292 Å². The van der Waals surface area contributed by atoms with E-state index in [-0.39, 0.29) is 12.0 Å². The van der Waals surface area contributed by atoms with Crippen LogP contribution in [0.5, 0.6) is 0 Å². The maximum atomic E-state index is 13.9. The van der Waals surface area contributed by atoms with Gasteiger partial charge in [-0.1, -0.05) is 5.11 Å². The Morgan fingerprint density at radius 1 is 1.29 bits per heavy atom. The number of nitrogens with zero attached hydrogens (tertiary/aromatic N) is 7. The van der Waals surface area contributed by atoms with E-state index in [9.17, 15) is 41.9 Å². The minimum absolute atomic E-state index is 0.100. The number of ether oxygens (including phenoxy) is 1. The van der Waals surface area contributed by atoms with Gasteiger partial charge in [0.05, 0.1) is 18.8 Å². The Bertz CT molecular complexity index is 1350. The zero-order valence-corrected chi connectivity index (χ0v) is 19.7. The van der Waals surface area contributed by atoms with Crippen molar-refractivity contribution in [3.05, 3.63) is 53.5 Å². The molecule has 1 aromatic heterocycles. The highest BCUT2D eigenvalue weighted by Gasteiger charge is 2.66. The zero-order chi connectivity index (χ0) is 26.8. The van der Waals surface area contributed by atoms with Crippen LogP contribution >= 0.6 is 22.9 Å². The highest BCUT2D eigenvalue weighted by atomic mass is 31.3. The van der Waals surface area contributed by atoms with Crippen molar-refractivity contribution >= 4 is 22.9 Å². The third-order valence-electron chi connectivity index (χ3n) is 4.33. The molecule has 6 atom stereocenters. The summed E-state index contributed by atoms with van der Waals surface area (Å²) in [6.45, 7) is 0.272. The molecule has 0 amide bonds. The van der Waals surface area contributed by atoms with Crippen LogP contribution in [0.4, 0.5) is 8.78 Å². The van der Waals surface area contributed by atoms with E-state index in [1.54, 1.807) is 4.91 Å². The molecule has 0 saturated carbocycles. The average molecular weight is 566 g/mol. The highest BCUT2D eigenvalue weighted by molar-refractivity contribution is 7.77. The van der Waals surface area contributed by atoms with Gasteiger partial charge >= 0.3 is 34.0 Å². The van der Waals surface area contributed by atoms with Gasteiger partial charge in [0.1, 0.15) is 6.23 Å². The largest absolute Gasteiger partial charge is 0.479 e. The van der Waals surface area contributed by atoms with Gasteiger partial charge in [-0.2, -0.15) is 8.78 Å². The number of phosphoric acid groups is 1. The number of hydrogen-bond acceptors (Lipinski definition) is 9. The second-order valence-corrected chi connectivity index (χ2v) is 12.3. The summed E-state index contributed by atoms with van der Waals surface area (Å²) in [4.78, 5) is 59.4. The fourth-order valence-corrected chi connectivity index (χ4v) is 6.69. The van der Waals surface area contributed by atoms with Crippen LogP contribution < -0.4 is 11.2 Å². The Kier molecular flexibility index (Phi) is 8.49. The quantitative estimate of drug-likeness (QED) is 0.138. The molecule has 1 aromatic rings. The predicted octanol–water partition coefficient (Wildman–Crippen LogP) is 2.18. The van der Waals surface area contributed by atoms with Crippen molar-refractivity contribution in [1.82, 2.24) is 9.55 Å². The van der Waals surface area contributed by atoms with Crippen LogP contribution in [0.3, 0.4) is 0 Å². The molecule has 194 valence electrons. The van der Waals surface area contributed by atoms with Crippen LogP contribution in [0.25, 0.3) is 20.9 Å². The van der Waals surface area contributed by atoms with Gasteiger partial charge in [0.15, 0.2) is 0 Å². The van der Waals surface area contributed by atoms with Gasteiger partial charge in [0.2, 0.25) is 0 Å². The van der Waals surface area contributed by atoms with Gasteiger partial charge in [-0.05, 0) is 18.0 Å². The number of H-pyrrole nitrogens is 1. The number of alkyl halides is 2. The first kappa shape index (κ1) is 28.8. The first-order valence-corrected chi connectivity index (χ1v) is 13.5. The summed E-state index contributed by atoms with van der Waals surface area (Å²) in [7, 11) is -19.1. The maximum absolute atomic E-state index is 13.9. The fourth-order valence-electron chi connectivity index (χ4n) is 2.68. The molecule has 0 bridgehead atoms. The van der Waals surface area contributed by atoms with Crippen molar-refractivity contribution in [1.29, 1.82) is 0 Å². The summed E-state index contributed by atoms with van der Waals surface area (Å²) >= 11 is 0. The third-order valence-corrected chi connectivity index (χ3v) is 9.76. The van der Waals surface area contributed by atoms with Crippen LogP contribution in [-0.4, -0.2) is 48.4 Å². The molecule has 1 aliphatic rings. The summed E-state index contributed by atoms with van der Waals surface area (Å²) in [5, 5.41) is -2.34. The molecule has 1 fully saturated rings. The zero-order valence-electron chi connectivity index (χ0n) is 17.1. The van der Waals surface area contributed by atoms with Crippen LogP contribution in [0, 0.1) is 6.92 Å². The summed E-state index contributed by atoms with van der Waals surface area (Å²) < 4.78 is 77.1. The second kappa shape index (κ2) is 10.3. The van der Waals surface area contributed by atoms with Gasteiger partial charge in [-0.3, -0.25) is 28.0 Å². The van der Waals surface area contributed by atoms with Crippen molar-refractivity contribution in [2.24, 2.45) is 10.00 Å². The minimum Gasteiger partial charge on any atom is -0.352 e. The number of halogens is 2. The number of aryl methyl sites for hydroxylation is 1. The van der Waals surface area contributed by atoms with E-state index >= 15 is 0 Å². The molecule has 2 rings (SSSR count). The molecule has 4 N–H and O–H groups in total. The molecular formula is C11H15F2N8O11P3. The van der Waals surface area contributed by atoms with E-state index in [2.05, 4.69) is 18.9 Å². The summed E-state index contributed by atoms with van der Waals surface area (Å²) in [6.07, 6.45) is -1.75. The Balaban J connectivity index is 2.21. The van der Waals surface area contributed by atoms with E-state index in [4.69, 9.17) is 20.7 Å². The SMILES string of the molecule is Cc1cn([C@H]2C[C@H](N=[N+]=[N-])[C@@H](COP(=O)(O)OP(=O)(O)C(F)(F)P(=O)(O)N=[N+]=[N-])O2)c(=O)[nH]c1=O. The minimum atomic E-state index is -6.79. The molecule has 3 unspecified atom stereocenters. The lowest BCUT2D eigenvalue weighted by atomic mass is 10.1. The predicted molar refractivity (Wildman–Crippen MR) is 108 cm³/mol. The van der Waals surface area contributed by atoms with Crippen LogP contribution in [0.2, 0.25) is 0 Å². The lowest BCUT2D eigenvalue weighted by Crippen LogP contribution is -2.33. The summed E-state index contributed by atoms with van der Waals surface area (Å²) in [5.41, 5.74) is 15.3. The number of rotatable bonds is 10. The number of nitrogens with one attached hydrogen (secondary N) is 1. The van der Waals surface area contributed by atoms with Gasteiger partial charge in [0.25, 0.3) is 5.56 Å². The number of aromatic nitrogens is 2. The van der Waals surface area contributed by atoms with Crippen LogP contribution in [0.1, 0.15) is 18.2 Å². The van der Waals surface area contributed by atoms with Crippen molar-refractivity contribution < 1.29 is 50.7 Å². The van der Waals surface area contributed by atoms with Gasteiger partial charge in [-0.15, -0.1) is 0 Å². The number of azide groups is 2. The Hall–Kier alpha value is -2.39. The van der Waals surface area contributed by atoms with Crippen molar-refractivity contribution in [2.75, 3.05) is 6.61 Å². The Morgan fingerprint density at radius 3 is 2.49 bits per heavy atom. The van der Waals surface area contributed by atoms with Crippen molar-refractivity contribution in [3.63, 3.8) is 0 Å². The Labute approximate surface area is 191 Å². The standard InChI is InChI=1S/C11H15F2N8O11P3/c1-5-3-21(10(23)16-9(5)22)8-2-6(17-18-14)7(31-8)4-30-35(28,29)32-34(26,27)11(12,13)33(24,25)20-19-15/h3,6-8H,2,4H2,1H3,(H,24,25)(H,26,27)(H,28,29)(H,16,22,23)/t6-,7+,8+/m0/s1. The van der Waals surface area contributed by atoms with E-state index in [0.29, 0.717) is 0 Å². The first-order chi connectivity index (χ1) is 16.0. The molecule has 0 aromatic carbocycles. The molecular weight excluding hydrogens is 551 g/mol. The van der Waals surface area contributed by atoms with Gasteiger partial charge < -0.3 is 19.4 Å². The highest BCUT2D eigenvalue weighted by Crippen LogP contribution is 2.79. The molecule has 19 nitrogen and oxygen atoms in total. The fraction of sp³-hybridized carbons (Fsp3) is 0.636. The number of hydrogen-bond donors (Lipinski definition) is 4. The van der Waals surface area contributed by atoms with Crippen LogP contribution in [-0.2, 0) is 27.3 Å². The first-order valence-electron chi connectivity index (χ1n) is 8.78. The van der Waals surface area contributed by atoms with E-state index < -0.39 is 64.6 Å². The molecule has 1 saturated heterocycles. The Morgan fingerprint density at radius 2 is 1.91 bits per heavy atom. The second-order valence-electron chi connectivity index (χ2n) is 6.71. The number of aromatic amines is 1. The van der Waals surface area contributed by atoms with E-state index in [1.165, 1.54) is 6.92 Å². The van der Waals surface area contributed by atoms with Crippen molar-refractivity contribution in [3.8, 4) is 0 Å². The maximum Gasteiger partial charge on any atom is 0.479 e. The molecule has 2 heterocycles. The molecule has 24 heteroatoms. The van der Waals surface area contributed by atoms with E-state index in [0.717, 1.165) is 10.8 Å². The van der Waals surface area contributed by atoms with Gasteiger partial charge in [0, 0.05) is 32.9 Å².